The summed E-state index contributed by atoms with van der Waals surface area (Å²) in [4.78, 5) is 11.5. The standard InChI is InChI=1S/C11H22N2O2/c1-3-12-9(2)7-13-11(14)6-10-4-5-15-8-10/h9-10,12H,3-8H2,1-2H3,(H,13,14)/t9-,10?/m1/s1. The van der Waals surface area contributed by atoms with Gasteiger partial charge in [0.05, 0.1) is 0 Å². The molecule has 4 heteroatoms. The number of nitrogens with one attached hydrogen (secondary N) is 2. The van der Waals surface area contributed by atoms with Crippen LogP contribution in [0.15, 0.2) is 0 Å². The van der Waals surface area contributed by atoms with Crippen molar-refractivity contribution in [2.24, 2.45) is 5.92 Å². The largest absolute Gasteiger partial charge is 0.381 e. The van der Waals surface area contributed by atoms with Crippen molar-refractivity contribution in [3.63, 3.8) is 0 Å². The van der Waals surface area contributed by atoms with Gasteiger partial charge >= 0.3 is 0 Å². The Labute approximate surface area is 91.8 Å². The van der Waals surface area contributed by atoms with Crippen LogP contribution >= 0.6 is 0 Å². The SMILES string of the molecule is CCN[C@H](C)CNC(=O)CC1CCOC1. The molecule has 4 nitrogen and oxygen atoms in total. The Hall–Kier alpha value is -0.610. The van der Waals surface area contributed by atoms with Crippen molar-refractivity contribution in [3.05, 3.63) is 0 Å². The lowest BCUT2D eigenvalue weighted by Crippen LogP contribution is -2.39. The van der Waals surface area contributed by atoms with Crippen LogP contribution in [0.5, 0.6) is 0 Å². The van der Waals surface area contributed by atoms with Crippen molar-refractivity contribution in [2.75, 3.05) is 26.3 Å². The molecular formula is C11H22N2O2. The first-order valence-corrected chi connectivity index (χ1v) is 5.80. The fraction of sp³-hybridized carbons (Fsp3) is 0.909. The van der Waals surface area contributed by atoms with Crippen LogP contribution in [0.3, 0.4) is 0 Å². The smallest absolute Gasteiger partial charge is 0.220 e. The zero-order valence-corrected chi connectivity index (χ0v) is 9.71. The van der Waals surface area contributed by atoms with Crippen LogP contribution in [0.1, 0.15) is 26.7 Å². The molecule has 1 aliphatic rings. The predicted molar refractivity (Wildman–Crippen MR) is 59.7 cm³/mol. The second-order valence-electron chi connectivity index (χ2n) is 4.20. The first kappa shape index (κ1) is 12.5. The summed E-state index contributed by atoms with van der Waals surface area (Å²) in [6.45, 7) is 7.34. The molecule has 88 valence electrons. The van der Waals surface area contributed by atoms with Crippen LogP contribution in [0, 0.1) is 5.92 Å². The Bertz CT molecular complexity index is 191. The van der Waals surface area contributed by atoms with Crippen LogP contribution in [-0.4, -0.2) is 38.3 Å². The van der Waals surface area contributed by atoms with E-state index in [1.54, 1.807) is 0 Å². The normalized spacial score (nSPS) is 22.7. The molecule has 1 aliphatic heterocycles. The Kier molecular flexibility index (Phi) is 5.65. The molecule has 15 heavy (non-hydrogen) atoms. The molecule has 2 N–H and O–H groups in total. The lowest BCUT2D eigenvalue weighted by Gasteiger charge is -2.14. The summed E-state index contributed by atoms with van der Waals surface area (Å²) in [7, 11) is 0. The lowest BCUT2D eigenvalue weighted by molar-refractivity contribution is -0.122. The van der Waals surface area contributed by atoms with E-state index in [0.717, 1.165) is 26.2 Å². The number of hydrogen-bond acceptors (Lipinski definition) is 3. The molecule has 1 saturated heterocycles. The van der Waals surface area contributed by atoms with Crippen molar-refractivity contribution >= 4 is 5.91 Å². The summed E-state index contributed by atoms with van der Waals surface area (Å²) in [6.07, 6.45) is 1.63. The number of rotatable bonds is 6. The summed E-state index contributed by atoms with van der Waals surface area (Å²) in [5, 5.41) is 6.19. The van der Waals surface area contributed by atoms with Crippen molar-refractivity contribution in [3.8, 4) is 0 Å². The summed E-state index contributed by atoms with van der Waals surface area (Å²) in [6, 6.07) is 0.346. The van der Waals surface area contributed by atoms with Gasteiger partial charge < -0.3 is 15.4 Å². The maximum atomic E-state index is 11.5. The monoisotopic (exact) mass is 214 g/mol. The van der Waals surface area contributed by atoms with Gasteiger partial charge in [0.25, 0.3) is 0 Å². The van der Waals surface area contributed by atoms with Crippen LogP contribution in [0.25, 0.3) is 0 Å². The van der Waals surface area contributed by atoms with Crippen LogP contribution in [0.2, 0.25) is 0 Å². The fourth-order valence-electron chi connectivity index (χ4n) is 1.77. The van der Waals surface area contributed by atoms with Crippen LogP contribution in [0.4, 0.5) is 0 Å². The maximum Gasteiger partial charge on any atom is 0.220 e. The van der Waals surface area contributed by atoms with Gasteiger partial charge in [-0.05, 0) is 25.8 Å². The molecule has 2 atom stereocenters. The van der Waals surface area contributed by atoms with Gasteiger partial charge in [0, 0.05) is 32.2 Å². The van der Waals surface area contributed by atoms with Gasteiger partial charge in [0.2, 0.25) is 5.91 Å². The molecule has 0 aromatic carbocycles. The zero-order chi connectivity index (χ0) is 11.1. The van der Waals surface area contributed by atoms with E-state index in [2.05, 4.69) is 24.5 Å². The third-order valence-electron chi connectivity index (χ3n) is 2.66. The van der Waals surface area contributed by atoms with E-state index in [0.29, 0.717) is 24.9 Å². The minimum absolute atomic E-state index is 0.148. The van der Waals surface area contributed by atoms with E-state index in [1.165, 1.54) is 0 Å². The molecule has 1 heterocycles. The lowest BCUT2D eigenvalue weighted by atomic mass is 10.0. The summed E-state index contributed by atoms with van der Waals surface area (Å²) in [5.74, 6) is 0.578. The fourth-order valence-corrected chi connectivity index (χ4v) is 1.77. The second-order valence-corrected chi connectivity index (χ2v) is 4.20. The Balaban J connectivity index is 2.07. The van der Waals surface area contributed by atoms with Gasteiger partial charge in [-0.25, -0.2) is 0 Å². The molecule has 0 saturated carbocycles. The van der Waals surface area contributed by atoms with Gasteiger partial charge in [0.1, 0.15) is 0 Å². The molecule has 0 aromatic heterocycles. The van der Waals surface area contributed by atoms with E-state index in [1.807, 2.05) is 0 Å². The molecule has 0 bridgehead atoms. The minimum atomic E-state index is 0.148. The van der Waals surface area contributed by atoms with Crippen molar-refractivity contribution in [1.82, 2.24) is 10.6 Å². The summed E-state index contributed by atoms with van der Waals surface area (Å²) < 4.78 is 5.23. The maximum absolute atomic E-state index is 11.5. The Morgan fingerprint density at radius 1 is 1.60 bits per heavy atom. The van der Waals surface area contributed by atoms with Crippen LogP contribution in [-0.2, 0) is 9.53 Å². The van der Waals surface area contributed by atoms with Gasteiger partial charge in [-0.2, -0.15) is 0 Å². The van der Waals surface area contributed by atoms with Crippen LogP contribution < -0.4 is 10.6 Å². The van der Waals surface area contributed by atoms with Crippen molar-refractivity contribution < 1.29 is 9.53 Å². The van der Waals surface area contributed by atoms with Gasteiger partial charge in [-0.1, -0.05) is 6.92 Å². The number of ether oxygens (including phenoxy) is 1. The molecule has 1 amide bonds. The number of amides is 1. The molecule has 0 aromatic rings. The Morgan fingerprint density at radius 2 is 2.40 bits per heavy atom. The van der Waals surface area contributed by atoms with E-state index in [-0.39, 0.29) is 5.91 Å². The third kappa shape index (κ3) is 5.14. The first-order chi connectivity index (χ1) is 7.22. The average molecular weight is 214 g/mol. The first-order valence-electron chi connectivity index (χ1n) is 5.80. The third-order valence-corrected chi connectivity index (χ3v) is 2.66. The minimum Gasteiger partial charge on any atom is -0.381 e. The van der Waals surface area contributed by atoms with Gasteiger partial charge in [-0.3, -0.25) is 4.79 Å². The molecule has 0 radical (unpaired) electrons. The van der Waals surface area contributed by atoms with Crippen molar-refractivity contribution in [1.29, 1.82) is 0 Å². The highest BCUT2D eigenvalue weighted by molar-refractivity contribution is 5.76. The molecule has 1 fully saturated rings. The highest BCUT2D eigenvalue weighted by atomic mass is 16.5. The second kappa shape index (κ2) is 6.80. The molecule has 0 aliphatic carbocycles. The zero-order valence-electron chi connectivity index (χ0n) is 9.71. The highest BCUT2D eigenvalue weighted by Gasteiger charge is 2.18. The van der Waals surface area contributed by atoms with Crippen molar-refractivity contribution in [2.45, 2.75) is 32.7 Å². The average Bonchev–Trinajstić information content (AvgIpc) is 2.68. The van der Waals surface area contributed by atoms with E-state index < -0.39 is 0 Å². The van der Waals surface area contributed by atoms with Gasteiger partial charge in [-0.15, -0.1) is 0 Å². The molecular weight excluding hydrogens is 192 g/mol. The molecule has 1 unspecified atom stereocenters. The highest BCUT2D eigenvalue weighted by Crippen LogP contribution is 2.15. The summed E-state index contributed by atoms with van der Waals surface area (Å²) in [5.41, 5.74) is 0. The number of carbonyl (C=O) groups is 1. The summed E-state index contributed by atoms with van der Waals surface area (Å²) >= 11 is 0. The quantitative estimate of drug-likeness (QED) is 0.678. The number of hydrogen-bond donors (Lipinski definition) is 2. The predicted octanol–water partition coefficient (Wildman–Crippen LogP) is 0.527. The topological polar surface area (TPSA) is 50.4 Å². The van der Waals surface area contributed by atoms with E-state index >= 15 is 0 Å². The van der Waals surface area contributed by atoms with E-state index in [4.69, 9.17) is 4.74 Å². The van der Waals surface area contributed by atoms with E-state index in [9.17, 15) is 4.79 Å². The molecule has 0 spiro atoms. The number of carbonyl (C=O) groups excluding carboxylic acids is 1. The molecule has 1 rings (SSSR count). The number of likely N-dealkylation sites (N-methyl/N-ethyl adjacent to an activating group) is 1. The van der Waals surface area contributed by atoms with Gasteiger partial charge in [0.15, 0.2) is 0 Å². The Morgan fingerprint density at radius 3 is 3.00 bits per heavy atom.